The second-order valence-electron chi connectivity index (χ2n) is 6.51. The molecule has 0 bridgehead atoms. The Morgan fingerprint density at radius 2 is 1.86 bits per heavy atom. The summed E-state index contributed by atoms with van der Waals surface area (Å²) in [5, 5.41) is 13.1. The third-order valence-corrected chi connectivity index (χ3v) is 3.92. The van der Waals surface area contributed by atoms with E-state index < -0.39 is 0 Å². The molecule has 2 rings (SSSR count). The first-order valence-corrected chi connectivity index (χ1v) is 7.51. The van der Waals surface area contributed by atoms with Crippen molar-refractivity contribution in [3.63, 3.8) is 0 Å². The molecule has 0 amide bonds. The molecule has 0 aliphatic carbocycles. The average molecular weight is 310 g/mol. The first kappa shape index (κ1) is 16.0. The lowest BCUT2D eigenvalue weighted by Gasteiger charge is -2.20. The monoisotopic (exact) mass is 309 g/mol. The third kappa shape index (κ3) is 3.86. The van der Waals surface area contributed by atoms with Gasteiger partial charge >= 0.3 is 0 Å². The highest BCUT2D eigenvalue weighted by molar-refractivity contribution is 6.31. The molecule has 0 saturated carbocycles. The number of aryl methyl sites for hydroxylation is 3. The fourth-order valence-electron chi connectivity index (χ4n) is 2.18. The van der Waals surface area contributed by atoms with E-state index in [4.69, 9.17) is 11.6 Å². The number of aromatic nitrogens is 4. The largest absolute Gasteiger partial charge is 0.308 e. The third-order valence-electron chi connectivity index (χ3n) is 3.43. The first-order chi connectivity index (χ1) is 9.67. The van der Waals surface area contributed by atoms with Gasteiger partial charge in [-0.05, 0) is 34.6 Å². The summed E-state index contributed by atoms with van der Waals surface area (Å²) in [6.07, 6.45) is 2.08. The van der Waals surface area contributed by atoms with Crippen LogP contribution < -0.4 is 5.32 Å². The van der Waals surface area contributed by atoms with E-state index in [9.17, 15) is 0 Å². The molecule has 2 aromatic rings. The summed E-state index contributed by atoms with van der Waals surface area (Å²) in [6, 6.07) is 0. The van der Waals surface area contributed by atoms with Gasteiger partial charge in [-0.1, -0.05) is 11.6 Å². The van der Waals surface area contributed by atoms with E-state index in [1.807, 2.05) is 30.3 Å². The van der Waals surface area contributed by atoms with Gasteiger partial charge in [0.25, 0.3) is 0 Å². The Hall–Kier alpha value is -1.33. The van der Waals surface area contributed by atoms with Crippen LogP contribution in [0.3, 0.4) is 0 Å². The van der Waals surface area contributed by atoms with Gasteiger partial charge in [0, 0.05) is 30.9 Å². The van der Waals surface area contributed by atoms with Crippen molar-refractivity contribution in [2.45, 2.75) is 53.2 Å². The molecular formula is C15H24ClN5. The maximum absolute atomic E-state index is 6.29. The molecule has 116 valence electrons. The molecule has 0 unspecified atom stereocenters. The van der Waals surface area contributed by atoms with Crippen LogP contribution in [-0.4, -0.2) is 25.1 Å². The smallest absolute Gasteiger partial charge is 0.0866 e. The molecule has 0 aliphatic heterocycles. The minimum absolute atomic E-state index is 0.0942. The van der Waals surface area contributed by atoms with Crippen molar-refractivity contribution in [2.24, 2.45) is 7.05 Å². The molecule has 21 heavy (non-hydrogen) atoms. The van der Waals surface area contributed by atoms with Crippen molar-refractivity contribution in [3.8, 4) is 0 Å². The Bertz CT molecular complexity index is 633. The molecule has 0 atom stereocenters. The number of halogens is 1. The van der Waals surface area contributed by atoms with Crippen LogP contribution in [0.4, 0.5) is 0 Å². The highest BCUT2D eigenvalue weighted by Crippen LogP contribution is 2.20. The Morgan fingerprint density at radius 3 is 2.38 bits per heavy atom. The van der Waals surface area contributed by atoms with Gasteiger partial charge in [0.2, 0.25) is 0 Å². The molecule has 0 saturated heterocycles. The summed E-state index contributed by atoms with van der Waals surface area (Å²) in [6.45, 7) is 11.9. The summed E-state index contributed by atoms with van der Waals surface area (Å²) in [5.74, 6) is 0. The predicted molar refractivity (Wildman–Crippen MR) is 85.6 cm³/mol. The summed E-state index contributed by atoms with van der Waals surface area (Å²) in [7, 11) is 1.91. The molecular weight excluding hydrogens is 286 g/mol. The van der Waals surface area contributed by atoms with Gasteiger partial charge in [-0.25, -0.2) is 0 Å². The van der Waals surface area contributed by atoms with Crippen LogP contribution in [0.2, 0.25) is 5.02 Å². The summed E-state index contributed by atoms with van der Waals surface area (Å²) < 4.78 is 3.75. The van der Waals surface area contributed by atoms with E-state index in [1.165, 1.54) is 5.56 Å². The summed E-state index contributed by atoms with van der Waals surface area (Å²) in [5.41, 5.74) is 4.18. The van der Waals surface area contributed by atoms with Gasteiger partial charge < -0.3 is 5.32 Å². The quantitative estimate of drug-likeness (QED) is 0.944. The number of nitrogens with one attached hydrogen (secondary N) is 1. The lowest BCUT2D eigenvalue weighted by Crippen LogP contribution is -2.35. The molecule has 0 aliphatic rings. The zero-order chi connectivity index (χ0) is 15.8. The molecule has 2 aromatic heterocycles. The van der Waals surface area contributed by atoms with Crippen LogP contribution >= 0.6 is 11.6 Å². The van der Waals surface area contributed by atoms with Gasteiger partial charge in [-0.3, -0.25) is 9.36 Å². The summed E-state index contributed by atoms with van der Waals surface area (Å²) in [4.78, 5) is 0. The van der Waals surface area contributed by atoms with Crippen molar-refractivity contribution >= 4 is 11.6 Å². The molecule has 1 N–H and O–H groups in total. The second kappa shape index (κ2) is 5.81. The highest BCUT2D eigenvalue weighted by Gasteiger charge is 2.14. The standard InChI is InChI=1S/C15H24ClN5/c1-10-12(7-17-15(3,4)5)8-21(19-10)9-13-14(16)11(2)18-20(13)6/h8,17H,7,9H2,1-6H3. The fraction of sp³-hybridized carbons (Fsp3) is 0.600. The van der Waals surface area contributed by atoms with Crippen LogP contribution in [-0.2, 0) is 20.1 Å². The number of rotatable bonds is 4. The van der Waals surface area contributed by atoms with Crippen LogP contribution in [0.15, 0.2) is 6.20 Å². The van der Waals surface area contributed by atoms with Crippen molar-refractivity contribution in [1.29, 1.82) is 0 Å². The molecule has 0 fully saturated rings. The fourth-order valence-corrected chi connectivity index (χ4v) is 2.40. The average Bonchev–Trinajstić information content (AvgIpc) is 2.82. The van der Waals surface area contributed by atoms with Crippen molar-refractivity contribution in [1.82, 2.24) is 24.9 Å². The normalized spacial score (nSPS) is 12.1. The van der Waals surface area contributed by atoms with Crippen molar-refractivity contribution in [2.75, 3.05) is 0 Å². The van der Waals surface area contributed by atoms with E-state index >= 15 is 0 Å². The van der Waals surface area contributed by atoms with Crippen LogP contribution in [0.1, 0.15) is 43.4 Å². The van der Waals surface area contributed by atoms with Crippen molar-refractivity contribution in [3.05, 3.63) is 33.9 Å². The molecule has 6 heteroatoms. The van der Waals surface area contributed by atoms with Gasteiger partial charge in [-0.2, -0.15) is 10.2 Å². The highest BCUT2D eigenvalue weighted by atomic mass is 35.5. The topological polar surface area (TPSA) is 47.7 Å². The summed E-state index contributed by atoms with van der Waals surface area (Å²) >= 11 is 6.29. The number of nitrogens with zero attached hydrogens (tertiary/aromatic N) is 4. The Balaban J connectivity index is 2.15. The number of hydrogen-bond donors (Lipinski definition) is 1. The van der Waals surface area contributed by atoms with E-state index in [0.29, 0.717) is 6.54 Å². The SMILES string of the molecule is Cc1nn(Cc2c(Cl)c(C)nn2C)cc1CNC(C)(C)C. The minimum Gasteiger partial charge on any atom is -0.308 e. The number of hydrogen-bond acceptors (Lipinski definition) is 3. The molecule has 0 spiro atoms. The van der Waals surface area contributed by atoms with Gasteiger partial charge in [0.1, 0.15) is 0 Å². The van der Waals surface area contributed by atoms with Gasteiger partial charge in [0.15, 0.2) is 0 Å². The van der Waals surface area contributed by atoms with Crippen molar-refractivity contribution < 1.29 is 0 Å². The molecule has 0 aromatic carbocycles. The van der Waals surface area contributed by atoms with Crippen LogP contribution in [0.25, 0.3) is 0 Å². The molecule has 0 radical (unpaired) electrons. The van der Waals surface area contributed by atoms with Gasteiger partial charge in [0.05, 0.1) is 28.6 Å². The Morgan fingerprint density at radius 1 is 1.19 bits per heavy atom. The second-order valence-corrected chi connectivity index (χ2v) is 6.89. The first-order valence-electron chi connectivity index (χ1n) is 7.13. The van der Waals surface area contributed by atoms with Gasteiger partial charge in [-0.15, -0.1) is 0 Å². The maximum Gasteiger partial charge on any atom is 0.0866 e. The predicted octanol–water partition coefficient (Wildman–Crippen LogP) is 2.82. The van der Waals surface area contributed by atoms with E-state index in [1.54, 1.807) is 0 Å². The maximum atomic E-state index is 6.29. The molecule has 2 heterocycles. The lowest BCUT2D eigenvalue weighted by molar-refractivity contribution is 0.423. The Labute approximate surface area is 131 Å². The minimum atomic E-state index is 0.0942. The van der Waals surface area contributed by atoms with Crippen LogP contribution in [0.5, 0.6) is 0 Å². The zero-order valence-corrected chi connectivity index (χ0v) is 14.4. The van der Waals surface area contributed by atoms with E-state index in [2.05, 4.69) is 42.5 Å². The Kier molecular flexibility index (Phi) is 4.44. The molecule has 5 nitrogen and oxygen atoms in total. The lowest BCUT2D eigenvalue weighted by atomic mass is 10.1. The van der Waals surface area contributed by atoms with E-state index in [0.717, 1.165) is 28.6 Å². The zero-order valence-electron chi connectivity index (χ0n) is 13.7. The van der Waals surface area contributed by atoms with E-state index in [-0.39, 0.29) is 5.54 Å². The van der Waals surface area contributed by atoms with Crippen LogP contribution in [0, 0.1) is 13.8 Å².